The van der Waals surface area contributed by atoms with Gasteiger partial charge in [0.15, 0.2) is 0 Å². The molecular formula is C11H20Cl3N5O2S. The maximum atomic E-state index is 12.1. The minimum atomic E-state index is -3.68. The minimum Gasteiger partial charge on any atom is -0.383 e. The molecular weight excluding hydrogens is 373 g/mol. The first-order chi connectivity index (χ1) is 9.49. The molecule has 0 aliphatic carbocycles. The molecule has 0 atom stereocenters. The molecule has 11 heteroatoms. The molecule has 0 spiro atoms. The second kappa shape index (κ2) is 9.71. The van der Waals surface area contributed by atoms with Crippen LogP contribution in [0.25, 0.3) is 0 Å². The van der Waals surface area contributed by atoms with Crippen LogP contribution in [-0.2, 0) is 10.0 Å². The van der Waals surface area contributed by atoms with Crippen molar-refractivity contribution in [3.05, 3.63) is 17.3 Å². The second-order valence-corrected chi connectivity index (χ2v) is 6.70. The molecule has 2 heterocycles. The van der Waals surface area contributed by atoms with Crippen LogP contribution in [0.15, 0.2) is 17.2 Å². The van der Waals surface area contributed by atoms with Crippen LogP contribution >= 0.6 is 36.4 Å². The maximum Gasteiger partial charge on any atom is 0.244 e. The molecule has 1 aromatic heterocycles. The van der Waals surface area contributed by atoms with Gasteiger partial charge < -0.3 is 11.1 Å². The molecule has 1 aliphatic rings. The summed E-state index contributed by atoms with van der Waals surface area (Å²) in [4.78, 5) is 5.87. The number of aromatic nitrogens is 1. The Labute approximate surface area is 147 Å². The number of hydrogen-bond donors (Lipinski definition) is 3. The van der Waals surface area contributed by atoms with Crippen molar-refractivity contribution < 1.29 is 8.42 Å². The Bertz CT molecular complexity index is 567. The van der Waals surface area contributed by atoms with Gasteiger partial charge in [-0.3, -0.25) is 4.90 Å². The number of hydrogen-bond acceptors (Lipinski definition) is 6. The molecule has 128 valence electrons. The van der Waals surface area contributed by atoms with Gasteiger partial charge in [-0.25, -0.2) is 18.1 Å². The van der Waals surface area contributed by atoms with Gasteiger partial charge in [0.2, 0.25) is 10.0 Å². The van der Waals surface area contributed by atoms with Crippen molar-refractivity contribution in [2.24, 2.45) is 0 Å². The molecule has 0 amide bonds. The summed E-state index contributed by atoms with van der Waals surface area (Å²) in [5, 5.41) is 3.48. The fourth-order valence-electron chi connectivity index (χ4n) is 2.00. The van der Waals surface area contributed by atoms with Crippen molar-refractivity contribution in [1.29, 1.82) is 0 Å². The Morgan fingerprint density at radius 3 is 2.64 bits per heavy atom. The zero-order chi connectivity index (χ0) is 14.6. The molecule has 0 unspecified atom stereocenters. The van der Waals surface area contributed by atoms with Crippen LogP contribution in [0, 0.1) is 0 Å². The molecule has 2 rings (SSSR count). The summed E-state index contributed by atoms with van der Waals surface area (Å²) < 4.78 is 26.8. The number of nitrogens with one attached hydrogen (secondary N) is 2. The van der Waals surface area contributed by atoms with Gasteiger partial charge in [0.05, 0.1) is 5.02 Å². The number of rotatable bonds is 5. The van der Waals surface area contributed by atoms with Gasteiger partial charge in [0, 0.05) is 45.5 Å². The van der Waals surface area contributed by atoms with Gasteiger partial charge in [-0.1, -0.05) is 11.6 Å². The van der Waals surface area contributed by atoms with Crippen LogP contribution in [0.5, 0.6) is 0 Å². The van der Waals surface area contributed by atoms with Crippen LogP contribution < -0.4 is 15.8 Å². The zero-order valence-electron chi connectivity index (χ0n) is 11.8. The molecule has 7 nitrogen and oxygen atoms in total. The summed E-state index contributed by atoms with van der Waals surface area (Å²) in [5.41, 5.74) is 5.58. The Morgan fingerprint density at radius 1 is 1.36 bits per heavy atom. The summed E-state index contributed by atoms with van der Waals surface area (Å²) in [6.45, 7) is 4.68. The summed E-state index contributed by atoms with van der Waals surface area (Å²) in [6.07, 6.45) is 1.32. The molecule has 1 fully saturated rings. The molecule has 22 heavy (non-hydrogen) atoms. The van der Waals surface area contributed by atoms with E-state index in [1.54, 1.807) is 0 Å². The zero-order valence-corrected chi connectivity index (χ0v) is 15.0. The van der Waals surface area contributed by atoms with Crippen molar-refractivity contribution in [3.8, 4) is 0 Å². The predicted molar refractivity (Wildman–Crippen MR) is 92.7 cm³/mol. The lowest BCUT2D eigenvalue weighted by Crippen LogP contribution is -2.46. The number of nitrogens with two attached hydrogens (primary N) is 1. The van der Waals surface area contributed by atoms with Crippen molar-refractivity contribution in [2.45, 2.75) is 4.90 Å². The van der Waals surface area contributed by atoms with E-state index < -0.39 is 10.0 Å². The van der Waals surface area contributed by atoms with Crippen molar-refractivity contribution in [1.82, 2.24) is 19.9 Å². The predicted octanol–water partition coefficient (Wildman–Crippen LogP) is 0.344. The number of nitrogens with zero attached hydrogens (tertiary/aromatic N) is 2. The molecule has 1 aromatic rings. The summed E-state index contributed by atoms with van der Waals surface area (Å²) in [5.74, 6) is -0.0518. The highest BCUT2D eigenvalue weighted by Gasteiger charge is 2.19. The first kappa shape index (κ1) is 21.6. The highest BCUT2D eigenvalue weighted by Crippen LogP contribution is 2.19. The fourth-order valence-corrected chi connectivity index (χ4v) is 3.35. The monoisotopic (exact) mass is 391 g/mol. The molecule has 0 aromatic carbocycles. The second-order valence-electron chi connectivity index (χ2n) is 4.53. The third kappa shape index (κ3) is 6.04. The standard InChI is InChI=1S/C11H18ClN5O2S.2ClH/c12-9-7-10(11(13)15-8-9)20(18,19)16-3-6-17-4-1-14-2-5-17;;/h7-8,14,16H,1-6H2,(H2,13,15);2*1H. The lowest BCUT2D eigenvalue weighted by molar-refractivity contribution is 0.245. The third-order valence-corrected chi connectivity index (χ3v) is 4.76. The lowest BCUT2D eigenvalue weighted by atomic mass is 10.3. The van der Waals surface area contributed by atoms with Crippen molar-refractivity contribution in [2.75, 3.05) is 45.0 Å². The van der Waals surface area contributed by atoms with E-state index in [-0.39, 0.29) is 40.6 Å². The number of anilines is 1. The van der Waals surface area contributed by atoms with E-state index in [2.05, 4.69) is 19.9 Å². The van der Waals surface area contributed by atoms with Gasteiger partial charge >= 0.3 is 0 Å². The Morgan fingerprint density at radius 2 is 2.00 bits per heavy atom. The van der Waals surface area contributed by atoms with E-state index in [0.29, 0.717) is 13.1 Å². The molecule has 4 N–H and O–H groups in total. The van der Waals surface area contributed by atoms with Crippen LogP contribution in [0.1, 0.15) is 0 Å². The summed E-state index contributed by atoms with van der Waals surface area (Å²) in [7, 11) is -3.68. The van der Waals surface area contributed by atoms with Gasteiger partial charge in [0.1, 0.15) is 10.7 Å². The Kier molecular flexibility index (Phi) is 9.56. The summed E-state index contributed by atoms with van der Waals surface area (Å²) >= 11 is 5.75. The molecule has 1 aliphatic heterocycles. The van der Waals surface area contributed by atoms with E-state index in [0.717, 1.165) is 26.2 Å². The van der Waals surface area contributed by atoms with Crippen LogP contribution in [0.3, 0.4) is 0 Å². The molecule has 1 saturated heterocycles. The quantitative estimate of drug-likeness (QED) is 0.668. The van der Waals surface area contributed by atoms with Crippen LogP contribution in [-0.4, -0.2) is 57.6 Å². The Hall–Kier alpha value is -0.350. The first-order valence-corrected chi connectivity index (χ1v) is 8.19. The van der Waals surface area contributed by atoms with Gasteiger partial charge in [-0.05, 0) is 6.07 Å². The normalized spacial score (nSPS) is 15.7. The largest absolute Gasteiger partial charge is 0.383 e. The average molecular weight is 393 g/mol. The fraction of sp³-hybridized carbons (Fsp3) is 0.545. The van der Waals surface area contributed by atoms with E-state index in [9.17, 15) is 8.42 Å². The topological polar surface area (TPSA) is 100 Å². The smallest absolute Gasteiger partial charge is 0.244 e. The van der Waals surface area contributed by atoms with Crippen molar-refractivity contribution in [3.63, 3.8) is 0 Å². The van der Waals surface area contributed by atoms with E-state index >= 15 is 0 Å². The van der Waals surface area contributed by atoms with Crippen LogP contribution in [0.4, 0.5) is 5.82 Å². The third-order valence-electron chi connectivity index (χ3n) is 3.07. The lowest BCUT2D eigenvalue weighted by Gasteiger charge is -2.27. The number of halogens is 3. The van der Waals surface area contributed by atoms with Crippen molar-refractivity contribution >= 4 is 52.3 Å². The minimum absolute atomic E-state index is 0. The maximum absolute atomic E-state index is 12.1. The number of pyridine rings is 1. The average Bonchev–Trinajstić information content (AvgIpc) is 2.42. The first-order valence-electron chi connectivity index (χ1n) is 6.33. The number of nitrogen functional groups attached to an aromatic ring is 1. The van der Waals surface area contributed by atoms with E-state index in [1.807, 2.05) is 0 Å². The SMILES string of the molecule is Cl.Cl.Nc1ncc(Cl)cc1S(=O)(=O)NCCN1CCNCC1. The number of piperazine rings is 1. The highest BCUT2D eigenvalue weighted by atomic mass is 35.5. The highest BCUT2D eigenvalue weighted by molar-refractivity contribution is 7.89. The Balaban J connectivity index is 0.00000220. The molecule has 0 radical (unpaired) electrons. The summed E-state index contributed by atoms with van der Waals surface area (Å²) in [6, 6.07) is 1.30. The van der Waals surface area contributed by atoms with Gasteiger partial charge in [-0.15, -0.1) is 24.8 Å². The van der Waals surface area contributed by atoms with Gasteiger partial charge in [0.25, 0.3) is 0 Å². The van der Waals surface area contributed by atoms with E-state index in [1.165, 1.54) is 12.3 Å². The van der Waals surface area contributed by atoms with Crippen LogP contribution in [0.2, 0.25) is 5.02 Å². The van der Waals surface area contributed by atoms with Gasteiger partial charge in [-0.2, -0.15) is 0 Å². The molecule has 0 bridgehead atoms. The molecule has 0 saturated carbocycles. The number of sulfonamides is 1. The van der Waals surface area contributed by atoms with E-state index in [4.69, 9.17) is 17.3 Å².